The van der Waals surface area contributed by atoms with Gasteiger partial charge in [-0.2, -0.15) is 4.31 Å². The number of carbonyl (C=O) groups excluding carboxylic acids is 1. The van der Waals surface area contributed by atoms with Gasteiger partial charge in [0, 0.05) is 44.0 Å². The number of nitrogens with one attached hydrogen (secondary N) is 1. The molecule has 1 aliphatic heterocycles. The van der Waals surface area contributed by atoms with Crippen LogP contribution in [-0.2, 0) is 23.6 Å². The van der Waals surface area contributed by atoms with Crippen molar-refractivity contribution in [3.05, 3.63) is 59.5 Å². The van der Waals surface area contributed by atoms with Crippen LogP contribution in [0.2, 0.25) is 0 Å². The standard InChI is InChI=1S/C23H28N4O4S/c1-15-22(32(30,31)27-11-9-18(14-27)16(2)28)12-21(26(15)3)23(29)25-13-17-6-4-8-20-19(17)7-5-10-24-20/h4-8,10,12,16,18,28H,9,11,13-14H2,1-3H3,(H,25,29)/t16-,18-/m0/s1. The fraction of sp³-hybridized carbons (Fsp3) is 0.391. The summed E-state index contributed by atoms with van der Waals surface area (Å²) in [4.78, 5) is 17.4. The summed E-state index contributed by atoms with van der Waals surface area (Å²) in [5, 5.41) is 13.7. The lowest BCUT2D eigenvalue weighted by Crippen LogP contribution is -2.30. The molecule has 0 bridgehead atoms. The molecule has 170 valence electrons. The van der Waals surface area contributed by atoms with Gasteiger partial charge in [-0.1, -0.05) is 18.2 Å². The van der Waals surface area contributed by atoms with Gasteiger partial charge >= 0.3 is 0 Å². The Labute approximate surface area is 187 Å². The number of rotatable bonds is 6. The van der Waals surface area contributed by atoms with Crippen molar-refractivity contribution < 1.29 is 18.3 Å². The molecule has 1 amide bonds. The predicted octanol–water partition coefficient (Wildman–Crippen LogP) is 2.20. The Bertz CT molecular complexity index is 1260. The van der Waals surface area contributed by atoms with E-state index < -0.39 is 16.1 Å². The van der Waals surface area contributed by atoms with Crippen LogP contribution in [0, 0.1) is 12.8 Å². The summed E-state index contributed by atoms with van der Waals surface area (Å²) in [6.45, 7) is 4.33. The third-order valence-electron chi connectivity index (χ3n) is 6.38. The van der Waals surface area contributed by atoms with Crippen molar-refractivity contribution in [2.24, 2.45) is 13.0 Å². The molecule has 3 heterocycles. The Kier molecular flexibility index (Phi) is 6.07. The number of sulfonamides is 1. The van der Waals surface area contributed by atoms with E-state index in [-0.39, 0.29) is 29.0 Å². The molecule has 2 aromatic heterocycles. The molecule has 1 fully saturated rings. The average Bonchev–Trinajstić information content (AvgIpc) is 3.39. The van der Waals surface area contributed by atoms with Gasteiger partial charge in [-0.3, -0.25) is 9.78 Å². The molecule has 0 unspecified atom stereocenters. The van der Waals surface area contributed by atoms with Crippen LogP contribution in [0.15, 0.2) is 47.5 Å². The summed E-state index contributed by atoms with van der Waals surface area (Å²) in [6, 6.07) is 11.0. The molecule has 1 aliphatic rings. The molecular formula is C23H28N4O4S. The maximum absolute atomic E-state index is 13.2. The zero-order valence-corrected chi connectivity index (χ0v) is 19.3. The fourth-order valence-electron chi connectivity index (χ4n) is 4.24. The first-order chi connectivity index (χ1) is 15.2. The minimum Gasteiger partial charge on any atom is -0.393 e. The second kappa shape index (κ2) is 8.65. The van der Waals surface area contributed by atoms with E-state index in [0.29, 0.717) is 25.2 Å². The van der Waals surface area contributed by atoms with Crippen LogP contribution in [0.5, 0.6) is 0 Å². The first-order valence-corrected chi connectivity index (χ1v) is 12.1. The normalized spacial score (nSPS) is 18.2. The van der Waals surface area contributed by atoms with E-state index >= 15 is 0 Å². The molecule has 1 aromatic carbocycles. The lowest BCUT2D eigenvalue weighted by Gasteiger charge is -2.17. The molecule has 0 saturated carbocycles. The summed E-state index contributed by atoms with van der Waals surface area (Å²) in [7, 11) is -2.07. The highest BCUT2D eigenvalue weighted by atomic mass is 32.2. The topological polar surface area (TPSA) is 105 Å². The number of aromatic nitrogens is 2. The van der Waals surface area contributed by atoms with Crippen molar-refractivity contribution >= 4 is 26.8 Å². The molecule has 1 saturated heterocycles. The Balaban J connectivity index is 1.55. The predicted molar refractivity (Wildman–Crippen MR) is 122 cm³/mol. The van der Waals surface area contributed by atoms with Gasteiger partial charge in [-0.05, 0) is 49.9 Å². The minimum atomic E-state index is -3.75. The highest BCUT2D eigenvalue weighted by molar-refractivity contribution is 7.89. The SMILES string of the molecule is Cc1c(S(=O)(=O)N2CC[C@H]([C@H](C)O)C2)cc(C(=O)NCc2cccc3ncccc23)n1C. The van der Waals surface area contributed by atoms with Gasteiger partial charge in [0.25, 0.3) is 5.91 Å². The van der Waals surface area contributed by atoms with Gasteiger partial charge in [-0.15, -0.1) is 0 Å². The number of hydrogen-bond acceptors (Lipinski definition) is 5. The molecular weight excluding hydrogens is 428 g/mol. The summed E-state index contributed by atoms with van der Waals surface area (Å²) in [5.41, 5.74) is 2.57. The van der Waals surface area contributed by atoms with Gasteiger partial charge < -0.3 is 15.0 Å². The molecule has 4 rings (SSSR count). The van der Waals surface area contributed by atoms with E-state index in [1.165, 1.54) is 10.4 Å². The number of nitrogens with zero attached hydrogens (tertiary/aromatic N) is 3. The van der Waals surface area contributed by atoms with E-state index in [0.717, 1.165) is 16.5 Å². The lowest BCUT2D eigenvalue weighted by atomic mass is 10.0. The second-order valence-corrected chi connectivity index (χ2v) is 10.3. The Morgan fingerprint density at radius 1 is 1.31 bits per heavy atom. The molecule has 9 heteroatoms. The summed E-state index contributed by atoms with van der Waals surface area (Å²) in [6.07, 6.45) is 1.79. The van der Waals surface area contributed by atoms with Crippen molar-refractivity contribution in [1.29, 1.82) is 0 Å². The summed E-state index contributed by atoms with van der Waals surface area (Å²) in [5.74, 6) is -0.423. The van der Waals surface area contributed by atoms with Crippen LogP contribution in [0.3, 0.4) is 0 Å². The van der Waals surface area contributed by atoms with Crippen molar-refractivity contribution in [2.75, 3.05) is 13.1 Å². The molecule has 8 nitrogen and oxygen atoms in total. The van der Waals surface area contributed by atoms with Crippen LogP contribution in [-0.4, -0.2) is 52.5 Å². The molecule has 32 heavy (non-hydrogen) atoms. The number of carbonyl (C=O) groups is 1. The maximum atomic E-state index is 13.2. The Morgan fingerprint density at radius 2 is 2.09 bits per heavy atom. The molecule has 0 aliphatic carbocycles. The smallest absolute Gasteiger partial charge is 0.268 e. The summed E-state index contributed by atoms with van der Waals surface area (Å²) < 4.78 is 29.5. The molecule has 2 N–H and O–H groups in total. The Hall–Kier alpha value is -2.75. The van der Waals surface area contributed by atoms with Crippen molar-refractivity contribution in [3.8, 4) is 0 Å². The lowest BCUT2D eigenvalue weighted by molar-refractivity contribution is 0.0942. The van der Waals surface area contributed by atoms with E-state index in [9.17, 15) is 18.3 Å². The third-order valence-corrected chi connectivity index (χ3v) is 8.36. The molecule has 0 radical (unpaired) electrons. The van der Waals surface area contributed by atoms with Crippen LogP contribution in [0.25, 0.3) is 10.9 Å². The number of aliphatic hydroxyl groups excluding tert-OH is 1. The maximum Gasteiger partial charge on any atom is 0.268 e. The van der Waals surface area contributed by atoms with Crippen molar-refractivity contribution in [3.63, 3.8) is 0 Å². The average molecular weight is 457 g/mol. The van der Waals surface area contributed by atoms with Crippen LogP contribution < -0.4 is 5.32 Å². The van der Waals surface area contributed by atoms with E-state index in [4.69, 9.17) is 0 Å². The zero-order valence-electron chi connectivity index (χ0n) is 18.4. The van der Waals surface area contributed by atoms with E-state index in [2.05, 4.69) is 10.3 Å². The second-order valence-electron chi connectivity index (χ2n) is 8.36. The fourth-order valence-corrected chi connectivity index (χ4v) is 6.03. The number of hydrogen-bond donors (Lipinski definition) is 2. The highest BCUT2D eigenvalue weighted by Crippen LogP contribution is 2.29. The first kappa shape index (κ1) is 22.4. The van der Waals surface area contributed by atoms with E-state index in [1.54, 1.807) is 31.7 Å². The van der Waals surface area contributed by atoms with Crippen molar-refractivity contribution in [1.82, 2.24) is 19.2 Å². The Morgan fingerprint density at radius 3 is 2.81 bits per heavy atom. The number of amides is 1. The number of fused-ring (bicyclic) bond motifs is 1. The summed E-state index contributed by atoms with van der Waals surface area (Å²) >= 11 is 0. The number of pyridine rings is 1. The van der Waals surface area contributed by atoms with E-state index in [1.807, 2.05) is 30.3 Å². The zero-order chi connectivity index (χ0) is 23.0. The molecule has 0 spiro atoms. The van der Waals surface area contributed by atoms with Gasteiger partial charge in [-0.25, -0.2) is 8.42 Å². The first-order valence-electron chi connectivity index (χ1n) is 10.7. The number of benzene rings is 1. The van der Waals surface area contributed by atoms with Gasteiger partial charge in [0.2, 0.25) is 10.0 Å². The quantitative estimate of drug-likeness (QED) is 0.592. The van der Waals surface area contributed by atoms with Gasteiger partial charge in [0.1, 0.15) is 10.6 Å². The minimum absolute atomic E-state index is 0.0771. The third kappa shape index (κ3) is 4.03. The molecule has 2 atom stereocenters. The van der Waals surface area contributed by atoms with Crippen LogP contribution in [0.1, 0.15) is 35.1 Å². The highest BCUT2D eigenvalue weighted by Gasteiger charge is 2.36. The van der Waals surface area contributed by atoms with Crippen molar-refractivity contribution in [2.45, 2.75) is 37.8 Å². The monoisotopic (exact) mass is 456 g/mol. The van der Waals surface area contributed by atoms with Gasteiger partial charge in [0.15, 0.2) is 0 Å². The number of aliphatic hydroxyl groups is 1. The molecule has 3 aromatic rings. The van der Waals surface area contributed by atoms with Crippen LogP contribution in [0.4, 0.5) is 0 Å². The largest absolute Gasteiger partial charge is 0.393 e. The van der Waals surface area contributed by atoms with Crippen LogP contribution >= 0.6 is 0 Å². The van der Waals surface area contributed by atoms with Gasteiger partial charge in [0.05, 0.1) is 11.6 Å².